The highest BCUT2D eigenvalue weighted by Gasteiger charge is 2.20. The van der Waals surface area contributed by atoms with Crippen LogP contribution in [0.15, 0.2) is 42.5 Å². The normalized spacial score (nSPS) is 13.6. The van der Waals surface area contributed by atoms with Gasteiger partial charge in [0.2, 0.25) is 0 Å². The van der Waals surface area contributed by atoms with Crippen LogP contribution in [0.4, 0.5) is 16.2 Å². The number of rotatable bonds is 3. The van der Waals surface area contributed by atoms with Crippen LogP contribution in [0.5, 0.6) is 0 Å². The Morgan fingerprint density at radius 1 is 1.23 bits per heavy atom. The molecule has 3 N–H and O–H groups in total. The molecule has 1 heterocycles. The van der Waals surface area contributed by atoms with Crippen molar-refractivity contribution in [2.75, 3.05) is 16.8 Å². The van der Waals surface area contributed by atoms with Crippen molar-refractivity contribution >= 4 is 29.0 Å². The lowest BCUT2D eigenvalue weighted by atomic mass is 9.99. The fourth-order valence-electron chi connectivity index (χ4n) is 2.95. The van der Waals surface area contributed by atoms with E-state index in [-0.39, 0.29) is 0 Å². The summed E-state index contributed by atoms with van der Waals surface area (Å²) < 4.78 is 0. The number of amides is 2. The zero-order valence-corrected chi connectivity index (χ0v) is 12.9. The molecule has 0 fully saturated rings. The molecule has 1 aliphatic heterocycles. The van der Waals surface area contributed by atoms with Crippen molar-refractivity contribution in [3.63, 3.8) is 0 Å². The summed E-state index contributed by atoms with van der Waals surface area (Å²) in [6.45, 7) is 1.73. The van der Waals surface area contributed by atoms with E-state index in [1.165, 1.54) is 0 Å². The molecule has 22 heavy (non-hydrogen) atoms. The molecule has 4 nitrogen and oxygen atoms in total. The summed E-state index contributed by atoms with van der Waals surface area (Å²) in [5.41, 5.74) is 9.43. The van der Waals surface area contributed by atoms with Gasteiger partial charge in [-0.1, -0.05) is 35.9 Å². The zero-order chi connectivity index (χ0) is 15.5. The summed E-state index contributed by atoms with van der Waals surface area (Å²) in [5.74, 6) is 0. The molecule has 5 heteroatoms. The molecular weight excluding hydrogens is 298 g/mol. The Morgan fingerprint density at radius 3 is 2.82 bits per heavy atom. The number of hydrogen-bond acceptors (Lipinski definition) is 2. The average Bonchev–Trinajstić information content (AvgIpc) is 2.50. The lowest BCUT2D eigenvalue weighted by molar-refractivity contribution is 0.259. The molecule has 0 aliphatic carbocycles. The number of fused-ring (bicyclic) bond motifs is 1. The molecule has 3 rings (SSSR count). The summed E-state index contributed by atoms with van der Waals surface area (Å²) in [6.07, 6.45) is 1.97. The topological polar surface area (TPSA) is 58.4 Å². The Balaban J connectivity index is 1.91. The van der Waals surface area contributed by atoms with Gasteiger partial charge in [-0.25, -0.2) is 4.79 Å². The summed E-state index contributed by atoms with van der Waals surface area (Å²) in [6, 6.07) is 13.3. The zero-order valence-electron chi connectivity index (χ0n) is 12.2. The van der Waals surface area contributed by atoms with Crippen molar-refractivity contribution in [2.45, 2.75) is 19.4 Å². The quantitative estimate of drug-likeness (QED) is 0.905. The third-order valence-corrected chi connectivity index (χ3v) is 4.29. The van der Waals surface area contributed by atoms with Gasteiger partial charge in [0.05, 0.1) is 0 Å². The van der Waals surface area contributed by atoms with E-state index in [4.69, 9.17) is 17.3 Å². The molecule has 1 aliphatic rings. The third kappa shape index (κ3) is 3.02. The van der Waals surface area contributed by atoms with Crippen LogP contribution in [-0.2, 0) is 13.0 Å². The van der Waals surface area contributed by atoms with Crippen LogP contribution in [0.2, 0.25) is 5.02 Å². The smallest absolute Gasteiger partial charge is 0.316 e. The summed E-state index contributed by atoms with van der Waals surface area (Å²) in [5, 5.41) is 3.49. The van der Waals surface area contributed by atoms with Gasteiger partial charge in [0.25, 0.3) is 0 Å². The monoisotopic (exact) mass is 315 g/mol. The molecule has 2 aromatic carbocycles. The molecule has 0 atom stereocenters. The van der Waals surface area contributed by atoms with Crippen molar-refractivity contribution < 1.29 is 4.79 Å². The van der Waals surface area contributed by atoms with Crippen molar-refractivity contribution in [3.05, 3.63) is 58.6 Å². The maximum atomic E-state index is 11.2. The second-order valence-electron chi connectivity index (χ2n) is 5.41. The van der Waals surface area contributed by atoms with Crippen LogP contribution in [0.1, 0.15) is 17.5 Å². The number of halogens is 1. The SMILES string of the molecule is NC(=O)Nc1cccc2c1CCCN2Cc1ccccc1Cl. The number of primary amides is 1. The predicted octanol–water partition coefficient (Wildman–Crippen LogP) is 3.78. The highest BCUT2D eigenvalue weighted by atomic mass is 35.5. The first kappa shape index (κ1) is 14.7. The number of anilines is 2. The van der Waals surface area contributed by atoms with Crippen LogP contribution >= 0.6 is 11.6 Å². The number of nitrogens with zero attached hydrogens (tertiary/aromatic N) is 1. The Morgan fingerprint density at radius 2 is 2.05 bits per heavy atom. The van der Waals surface area contributed by atoms with Gasteiger partial charge in [0.1, 0.15) is 0 Å². The molecule has 0 saturated heterocycles. The lowest BCUT2D eigenvalue weighted by Crippen LogP contribution is -2.30. The van der Waals surface area contributed by atoms with E-state index in [2.05, 4.69) is 16.3 Å². The Labute approximate surface area is 134 Å². The Hall–Kier alpha value is -2.20. The van der Waals surface area contributed by atoms with Crippen LogP contribution in [0.25, 0.3) is 0 Å². The number of urea groups is 1. The molecule has 0 spiro atoms. The van der Waals surface area contributed by atoms with Gasteiger partial charge in [-0.15, -0.1) is 0 Å². The Bertz CT molecular complexity index is 702. The van der Waals surface area contributed by atoms with Crippen molar-refractivity contribution in [1.29, 1.82) is 0 Å². The van der Waals surface area contributed by atoms with Gasteiger partial charge >= 0.3 is 6.03 Å². The van der Waals surface area contributed by atoms with E-state index in [0.29, 0.717) is 0 Å². The Kier molecular flexibility index (Phi) is 4.20. The van der Waals surface area contributed by atoms with Gasteiger partial charge in [-0.3, -0.25) is 0 Å². The first-order chi connectivity index (χ1) is 10.6. The van der Waals surface area contributed by atoms with Gasteiger partial charge in [0.15, 0.2) is 0 Å². The van der Waals surface area contributed by atoms with Gasteiger partial charge in [0, 0.05) is 29.5 Å². The molecule has 0 saturated carbocycles. The van der Waals surface area contributed by atoms with Gasteiger partial charge in [-0.05, 0) is 42.2 Å². The first-order valence-electron chi connectivity index (χ1n) is 7.32. The number of carbonyl (C=O) groups is 1. The van der Waals surface area contributed by atoms with E-state index in [1.807, 2.05) is 36.4 Å². The standard InChI is InChI=1S/C17H18ClN3O/c18-14-7-2-1-5-12(14)11-21-10-4-6-13-15(20-17(19)22)8-3-9-16(13)21/h1-3,5,7-9H,4,6,10-11H2,(H3,19,20,22). The molecule has 0 aromatic heterocycles. The van der Waals surface area contributed by atoms with E-state index in [0.717, 1.165) is 53.5 Å². The highest BCUT2D eigenvalue weighted by Crippen LogP contribution is 2.34. The van der Waals surface area contributed by atoms with E-state index < -0.39 is 6.03 Å². The largest absolute Gasteiger partial charge is 0.367 e. The maximum Gasteiger partial charge on any atom is 0.316 e. The summed E-state index contributed by atoms with van der Waals surface area (Å²) in [7, 11) is 0. The van der Waals surface area contributed by atoms with Crippen LogP contribution in [0.3, 0.4) is 0 Å². The molecule has 0 bridgehead atoms. The average molecular weight is 316 g/mol. The van der Waals surface area contributed by atoms with E-state index in [9.17, 15) is 4.79 Å². The third-order valence-electron chi connectivity index (χ3n) is 3.92. The van der Waals surface area contributed by atoms with Crippen molar-refractivity contribution in [3.8, 4) is 0 Å². The molecule has 0 unspecified atom stereocenters. The lowest BCUT2D eigenvalue weighted by Gasteiger charge is -2.32. The minimum absolute atomic E-state index is 0.531. The molecule has 2 amide bonds. The number of nitrogens with one attached hydrogen (secondary N) is 1. The van der Waals surface area contributed by atoms with Crippen molar-refractivity contribution in [1.82, 2.24) is 0 Å². The second kappa shape index (κ2) is 6.28. The number of nitrogens with two attached hydrogens (primary N) is 1. The minimum Gasteiger partial charge on any atom is -0.367 e. The fraction of sp³-hybridized carbons (Fsp3) is 0.235. The molecule has 0 radical (unpaired) electrons. The molecule has 2 aromatic rings. The molecular formula is C17H18ClN3O. The van der Waals surface area contributed by atoms with E-state index >= 15 is 0 Å². The predicted molar refractivity (Wildman–Crippen MR) is 90.5 cm³/mol. The van der Waals surface area contributed by atoms with Gasteiger partial charge < -0.3 is 16.0 Å². The highest BCUT2D eigenvalue weighted by molar-refractivity contribution is 6.31. The number of carbonyl (C=O) groups excluding carboxylic acids is 1. The first-order valence-corrected chi connectivity index (χ1v) is 7.69. The van der Waals surface area contributed by atoms with Crippen LogP contribution in [0, 0.1) is 0 Å². The summed E-state index contributed by atoms with van der Waals surface area (Å²) in [4.78, 5) is 13.4. The number of hydrogen-bond donors (Lipinski definition) is 2. The fourth-order valence-corrected chi connectivity index (χ4v) is 3.14. The molecule has 114 valence electrons. The van der Waals surface area contributed by atoms with Crippen LogP contribution < -0.4 is 16.0 Å². The van der Waals surface area contributed by atoms with Crippen LogP contribution in [-0.4, -0.2) is 12.6 Å². The second-order valence-corrected chi connectivity index (χ2v) is 5.82. The number of benzene rings is 2. The van der Waals surface area contributed by atoms with Crippen molar-refractivity contribution in [2.24, 2.45) is 5.73 Å². The van der Waals surface area contributed by atoms with E-state index in [1.54, 1.807) is 0 Å². The van der Waals surface area contributed by atoms with Gasteiger partial charge in [-0.2, -0.15) is 0 Å². The summed E-state index contributed by atoms with van der Waals surface area (Å²) >= 11 is 6.27. The maximum absolute atomic E-state index is 11.2. The minimum atomic E-state index is -0.531.